The van der Waals surface area contributed by atoms with Gasteiger partial charge in [-0.3, -0.25) is 4.79 Å². The van der Waals surface area contributed by atoms with E-state index in [0.29, 0.717) is 21.8 Å². The van der Waals surface area contributed by atoms with Gasteiger partial charge in [0.2, 0.25) is 0 Å². The molecule has 20 heavy (non-hydrogen) atoms. The molecule has 1 heterocycles. The van der Waals surface area contributed by atoms with E-state index < -0.39 is 0 Å². The fraction of sp³-hybridized carbons (Fsp3) is 0.0714. The van der Waals surface area contributed by atoms with E-state index >= 15 is 0 Å². The molecular formula is C14H11ClN4O. The second-order valence-electron chi connectivity index (χ2n) is 3.78. The maximum Gasteiger partial charge on any atom is 0.257 e. The van der Waals surface area contributed by atoms with E-state index in [1.54, 1.807) is 24.3 Å². The number of carbonyl (C=O) groups excluding carboxylic acids is 1. The predicted octanol–water partition coefficient (Wildman–Crippen LogP) is 1.69. The van der Waals surface area contributed by atoms with E-state index in [1.165, 1.54) is 12.4 Å². The van der Waals surface area contributed by atoms with E-state index in [1.807, 2.05) is 0 Å². The van der Waals surface area contributed by atoms with Gasteiger partial charge in [-0.05, 0) is 24.3 Å². The van der Waals surface area contributed by atoms with Crippen LogP contribution >= 0.6 is 11.6 Å². The quantitative estimate of drug-likeness (QED) is 0.823. The number of nitrogens with zero attached hydrogens (tertiary/aromatic N) is 2. The van der Waals surface area contributed by atoms with E-state index in [2.05, 4.69) is 27.4 Å². The van der Waals surface area contributed by atoms with Gasteiger partial charge in [0, 0.05) is 10.6 Å². The summed E-state index contributed by atoms with van der Waals surface area (Å²) in [5.74, 6) is 5.31. The monoisotopic (exact) mass is 286 g/mol. The standard InChI is InChI=1S/C14H11ClN4O/c15-12-4-3-10(2-1-6-16)13(8-12)19-14(20)11-5-7-17-18-9-11/h3-5,7-9H,6,16H2,(H,19,20). The SMILES string of the molecule is NCC#Cc1ccc(Cl)cc1NC(=O)c1ccnnc1. The zero-order valence-electron chi connectivity index (χ0n) is 10.4. The molecule has 6 heteroatoms. The molecule has 0 fully saturated rings. The second-order valence-corrected chi connectivity index (χ2v) is 4.22. The maximum absolute atomic E-state index is 12.1. The lowest BCUT2D eigenvalue weighted by atomic mass is 10.1. The van der Waals surface area contributed by atoms with Gasteiger partial charge < -0.3 is 11.1 Å². The normalized spacial score (nSPS) is 9.50. The van der Waals surface area contributed by atoms with Crippen molar-refractivity contribution in [1.29, 1.82) is 0 Å². The smallest absolute Gasteiger partial charge is 0.257 e. The van der Waals surface area contributed by atoms with Crippen LogP contribution in [0.15, 0.2) is 36.7 Å². The van der Waals surface area contributed by atoms with Gasteiger partial charge in [0.15, 0.2) is 0 Å². The number of amides is 1. The second kappa shape index (κ2) is 6.66. The first kappa shape index (κ1) is 14.0. The number of anilines is 1. The first-order chi connectivity index (χ1) is 9.70. The van der Waals surface area contributed by atoms with Crippen LogP contribution in [0.4, 0.5) is 5.69 Å². The molecule has 100 valence electrons. The van der Waals surface area contributed by atoms with Crippen molar-refractivity contribution in [3.05, 3.63) is 52.8 Å². The van der Waals surface area contributed by atoms with Gasteiger partial charge in [-0.1, -0.05) is 23.4 Å². The minimum atomic E-state index is -0.307. The lowest BCUT2D eigenvalue weighted by Gasteiger charge is -2.07. The number of hydrogen-bond acceptors (Lipinski definition) is 4. The summed E-state index contributed by atoms with van der Waals surface area (Å²) in [7, 11) is 0. The first-order valence-electron chi connectivity index (χ1n) is 5.77. The summed E-state index contributed by atoms with van der Waals surface area (Å²) in [6.45, 7) is 0.240. The van der Waals surface area contributed by atoms with Crippen molar-refractivity contribution < 1.29 is 4.79 Å². The molecule has 1 aromatic heterocycles. The molecule has 0 atom stereocenters. The topological polar surface area (TPSA) is 80.9 Å². The molecule has 5 nitrogen and oxygen atoms in total. The van der Waals surface area contributed by atoms with Gasteiger partial charge >= 0.3 is 0 Å². The average Bonchev–Trinajstić information content (AvgIpc) is 2.47. The summed E-state index contributed by atoms with van der Waals surface area (Å²) in [5.41, 5.74) is 6.92. The van der Waals surface area contributed by atoms with E-state index in [0.717, 1.165) is 0 Å². The lowest BCUT2D eigenvalue weighted by Crippen LogP contribution is -2.13. The van der Waals surface area contributed by atoms with E-state index in [9.17, 15) is 4.79 Å². The van der Waals surface area contributed by atoms with Gasteiger partial charge in [0.05, 0.1) is 30.2 Å². The fourth-order valence-corrected chi connectivity index (χ4v) is 1.67. The van der Waals surface area contributed by atoms with Crippen molar-refractivity contribution in [1.82, 2.24) is 10.2 Å². The Morgan fingerprint density at radius 1 is 1.35 bits per heavy atom. The van der Waals surface area contributed by atoms with Crippen LogP contribution in [0, 0.1) is 11.8 Å². The number of carbonyl (C=O) groups is 1. The van der Waals surface area contributed by atoms with Crippen LogP contribution in [0.1, 0.15) is 15.9 Å². The molecular weight excluding hydrogens is 276 g/mol. The molecule has 0 aliphatic rings. The first-order valence-corrected chi connectivity index (χ1v) is 6.15. The van der Waals surface area contributed by atoms with Gasteiger partial charge in [-0.15, -0.1) is 0 Å². The molecule has 2 rings (SSSR count). The van der Waals surface area contributed by atoms with Crippen LogP contribution in [-0.2, 0) is 0 Å². The molecule has 0 bridgehead atoms. The Balaban J connectivity index is 2.28. The van der Waals surface area contributed by atoms with Gasteiger partial charge in [-0.2, -0.15) is 10.2 Å². The number of rotatable bonds is 2. The average molecular weight is 287 g/mol. The molecule has 1 amide bonds. The third-order valence-electron chi connectivity index (χ3n) is 2.40. The van der Waals surface area contributed by atoms with Gasteiger partial charge in [-0.25, -0.2) is 0 Å². The molecule has 0 unspecified atom stereocenters. The Morgan fingerprint density at radius 3 is 2.90 bits per heavy atom. The predicted molar refractivity (Wildman–Crippen MR) is 77.4 cm³/mol. The van der Waals surface area contributed by atoms with Crippen molar-refractivity contribution in [3.63, 3.8) is 0 Å². The Bertz CT molecular complexity index is 677. The summed E-state index contributed by atoms with van der Waals surface area (Å²) in [6, 6.07) is 6.63. The highest BCUT2D eigenvalue weighted by Crippen LogP contribution is 2.21. The largest absolute Gasteiger partial charge is 0.321 e. The number of hydrogen-bond donors (Lipinski definition) is 2. The van der Waals surface area contributed by atoms with E-state index in [4.69, 9.17) is 17.3 Å². The molecule has 1 aromatic carbocycles. The van der Waals surface area contributed by atoms with Crippen molar-refractivity contribution >= 4 is 23.2 Å². The minimum Gasteiger partial charge on any atom is -0.321 e. The third-order valence-corrected chi connectivity index (χ3v) is 2.64. The zero-order chi connectivity index (χ0) is 14.4. The summed E-state index contributed by atoms with van der Waals surface area (Å²) < 4.78 is 0. The number of aromatic nitrogens is 2. The van der Waals surface area contributed by atoms with Crippen LogP contribution < -0.4 is 11.1 Å². The van der Waals surface area contributed by atoms with Crippen molar-refractivity contribution in [2.24, 2.45) is 5.73 Å². The molecule has 0 aliphatic heterocycles. The summed E-state index contributed by atoms with van der Waals surface area (Å²) in [5, 5.41) is 10.5. The summed E-state index contributed by atoms with van der Waals surface area (Å²) >= 11 is 5.93. The van der Waals surface area contributed by atoms with Crippen LogP contribution in [0.2, 0.25) is 5.02 Å². The molecule has 2 aromatic rings. The highest BCUT2D eigenvalue weighted by Gasteiger charge is 2.09. The van der Waals surface area contributed by atoms with Crippen LogP contribution in [0.25, 0.3) is 0 Å². The Hall–Kier alpha value is -2.42. The van der Waals surface area contributed by atoms with Gasteiger partial charge in [0.25, 0.3) is 5.91 Å². The van der Waals surface area contributed by atoms with Crippen LogP contribution in [0.5, 0.6) is 0 Å². The van der Waals surface area contributed by atoms with Crippen molar-refractivity contribution in [3.8, 4) is 11.8 Å². The number of nitrogens with one attached hydrogen (secondary N) is 1. The highest BCUT2D eigenvalue weighted by molar-refractivity contribution is 6.31. The molecule has 0 saturated carbocycles. The number of nitrogens with two attached hydrogens (primary N) is 1. The number of benzene rings is 1. The Labute approximate surface area is 121 Å². The third kappa shape index (κ3) is 3.54. The Kier molecular flexibility index (Phi) is 4.66. The summed E-state index contributed by atoms with van der Waals surface area (Å²) in [6.07, 6.45) is 2.83. The molecule has 0 aliphatic carbocycles. The fourth-order valence-electron chi connectivity index (χ4n) is 1.49. The highest BCUT2D eigenvalue weighted by atomic mass is 35.5. The van der Waals surface area contributed by atoms with Crippen molar-refractivity contribution in [2.75, 3.05) is 11.9 Å². The minimum absolute atomic E-state index is 0.240. The molecule has 3 N–H and O–H groups in total. The lowest BCUT2D eigenvalue weighted by molar-refractivity contribution is 0.102. The Morgan fingerprint density at radius 2 is 2.20 bits per heavy atom. The van der Waals surface area contributed by atoms with Crippen molar-refractivity contribution in [2.45, 2.75) is 0 Å². The van der Waals surface area contributed by atoms with Crippen LogP contribution in [-0.4, -0.2) is 22.6 Å². The molecule has 0 spiro atoms. The maximum atomic E-state index is 12.1. The van der Waals surface area contributed by atoms with Crippen LogP contribution in [0.3, 0.4) is 0 Å². The molecule has 0 saturated heterocycles. The molecule has 0 radical (unpaired) electrons. The van der Waals surface area contributed by atoms with Gasteiger partial charge in [0.1, 0.15) is 0 Å². The zero-order valence-corrected chi connectivity index (χ0v) is 11.2. The summed E-state index contributed by atoms with van der Waals surface area (Å²) in [4.78, 5) is 12.1. The number of halogens is 1. The van der Waals surface area contributed by atoms with E-state index in [-0.39, 0.29) is 12.5 Å².